The van der Waals surface area contributed by atoms with Gasteiger partial charge < -0.3 is 14.9 Å². The molecule has 0 saturated carbocycles. The van der Waals surface area contributed by atoms with E-state index in [0.29, 0.717) is 44.2 Å². The molecule has 0 unspecified atom stereocenters. The van der Waals surface area contributed by atoms with Gasteiger partial charge in [-0.05, 0) is 87.6 Å². The zero-order chi connectivity index (χ0) is 28.3. The highest BCUT2D eigenvalue weighted by Gasteiger charge is 2.39. The Morgan fingerprint density at radius 2 is 1.79 bits per heavy atom. The van der Waals surface area contributed by atoms with Gasteiger partial charge in [-0.3, -0.25) is 9.29 Å². The molecule has 4 rings (SSSR count). The molecule has 0 saturated heterocycles. The van der Waals surface area contributed by atoms with Crippen LogP contribution in [0.15, 0.2) is 30.5 Å². The van der Waals surface area contributed by atoms with E-state index in [0.717, 1.165) is 17.4 Å². The van der Waals surface area contributed by atoms with Crippen LogP contribution < -0.4 is 4.31 Å². The second kappa shape index (κ2) is 9.55. The minimum atomic E-state index is -3.77. The normalized spacial score (nSPS) is 14.2. The van der Waals surface area contributed by atoms with Crippen molar-refractivity contribution in [3.8, 4) is 28.1 Å². The molecule has 1 aromatic heterocycles. The van der Waals surface area contributed by atoms with Crippen molar-refractivity contribution in [2.45, 2.75) is 59.8 Å². The molecule has 1 atom stereocenters. The number of pyridine rings is 1. The minimum absolute atomic E-state index is 0.0545. The van der Waals surface area contributed by atoms with Crippen molar-refractivity contribution >= 4 is 33.3 Å². The van der Waals surface area contributed by atoms with E-state index in [1.54, 1.807) is 52.9 Å². The number of nitrogens with zero attached hydrogens (tertiary/aromatic N) is 2. The van der Waals surface area contributed by atoms with Crippen molar-refractivity contribution in [2.24, 2.45) is 0 Å². The summed E-state index contributed by atoms with van der Waals surface area (Å²) in [7, 11) is -3.77. The van der Waals surface area contributed by atoms with Crippen LogP contribution in [0.25, 0.3) is 22.4 Å². The number of anilines is 1. The second-order valence-corrected chi connectivity index (χ2v) is 13.0. The molecule has 0 bridgehead atoms. The Hall–Kier alpha value is -3.14. The molecule has 1 aliphatic heterocycles. The Balaban J connectivity index is 2.24. The molecular weight excluding hydrogens is 528 g/mol. The van der Waals surface area contributed by atoms with E-state index in [1.165, 1.54) is 10.4 Å². The molecule has 0 amide bonds. The number of ether oxygens (including phenoxy) is 1. The van der Waals surface area contributed by atoms with Crippen molar-refractivity contribution in [3.05, 3.63) is 63.3 Å². The average molecular weight is 559 g/mol. The summed E-state index contributed by atoms with van der Waals surface area (Å²) in [5.74, 6) is -1.39. The number of sulfonamides is 1. The lowest BCUT2D eigenvalue weighted by Crippen LogP contribution is -2.35. The van der Waals surface area contributed by atoms with Crippen molar-refractivity contribution in [2.75, 3.05) is 10.6 Å². The Morgan fingerprint density at radius 1 is 1.13 bits per heavy atom. The summed E-state index contributed by atoms with van der Waals surface area (Å²) in [6.45, 7) is 10.6. The lowest BCUT2D eigenvalue weighted by atomic mass is 9.81. The third-order valence-electron chi connectivity index (χ3n) is 6.51. The van der Waals surface area contributed by atoms with Gasteiger partial charge in [0.1, 0.15) is 5.75 Å². The van der Waals surface area contributed by atoms with Crippen LogP contribution in [-0.4, -0.2) is 41.4 Å². The first-order valence-electron chi connectivity index (χ1n) is 12.0. The number of carboxylic acid groups (broad SMARTS) is 1. The molecule has 1 aliphatic rings. The molecule has 0 aliphatic carbocycles. The highest BCUT2D eigenvalue weighted by Crippen LogP contribution is 2.52. The SMILES string of the molecule is Cc1cnc2c(c1)CN(S(C)(=O)=O)c1c(C)c([C@H](OC(C)(C)C)C(=O)O)c(-c3ccc(Cl)cc3O)c(C)c1-2. The lowest BCUT2D eigenvalue weighted by Gasteiger charge is -2.37. The number of aromatic hydroxyl groups is 1. The summed E-state index contributed by atoms with van der Waals surface area (Å²) in [6.07, 6.45) is 1.38. The predicted octanol–water partition coefficient (Wildman–Crippen LogP) is 5.92. The summed E-state index contributed by atoms with van der Waals surface area (Å²) < 4.78 is 33.5. The molecule has 0 radical (unpaired) electrons. The van der Waals surface area contributed by atoms with Gasteiger partial charge >= 0.3 is 5.97 Å². The molecule has 202 valence electrons. The Kier molecular flexibility index (Phi) is 7.01. The van der Waals surface area contributed by atoms with Crippen LogP contribution in [0, 0.1) is 20.8 Å². The predicted molar refractivity (Wildman–Crippen MR) is 148 cm³/mol. The number of hydrogen-bond donors (Lipinski definition) is 2. The number of phenols is 1. The summed E-state index contributed by atoms with van der Waals surface area (Å²) in [5, 5.41) is 21.6. The van der Waals surface area contributed by atoms with Gasteiger partial charge in [0.15, 0.2) is 6.10 Å². The second-order valence-electron chi connectivity index (χ2n) is 10.7. The van der Waals surface area contributed by atoms with E-state index in [-0.39, 0.29) is 17.9 Å². The van der Waals surface area contributed by atoms with Crippen LogP contribution in [0.1, 0.15) is 54.7 Å². The summed E-state index contributed by atoms with van der Waals surface area (Å²) >= 11 is 6.12. The third-order valence-corrected chi connectivity index (χ3v) is 7.85. The largest absolute Gasteiger partial charge is 0.507 e. The summed E-state index contributed by atoms with van der Waals surface area (Å²) in [6, 6.07) is 6.50. The number of aryl methyl sites for hydroxylation is 1. The van der Waals surface area contributed by atoms with E-state index >= 15 is 0 Å². The van der Waals surface area contributed by atoms with Crippen LogP contribution in [0.3, 0.4) is 0 Å². The van der Waals surface area contributed by atoms with Gasteiger partial charge in [-0.25, -0.2) is 13.2 Å². The molecular formula is C28H31ClN2O6S. The van der Waals surface area contributed by atoms with E-state index in [2.05, 4.69) is 4.98 Å². The molecule has 2 aromatic carbocycles. The van der Waals surface area contributed by atoms with Gasteiger partial charge in [0, 0.05) is 27.9 Å². The maximum atomic E-state index is 13.1. The van der Waals surface area contributed by atoms with Crippen LogP contribution in [-0.2, 0) is 26.1 Å². The fourth-order valence-corrected chi connectivity index (χ4v) is 6.18. The number of carbonyl (C=O) groups is 1. The molecule has 8 nitrogen and oxygen atoms in total. The molecule has 38 heavy (non-hydrogen) atoms. The van der Waals surface area contributed by atoms with E-state index < -0.39 is 27.7 Å². The smallest absolute Gasteiger partial charge is 0.337 e. The van der Waals surface area contributed by atoms with Gasteiger partial charge in [0.05, 0.1) is 29.8 Å². The number of phenolic OH excluding ortho intramolecular Hbond substituents is 1. The number of aromatic nitrogens is 1. The number of halogens is 1. The van der Waals surface area contributed by atoms with Gasteiger partial charge in [0.25, 0.3) is 0 Å². The number of aliphatic carboxylic acids is 1. The fourth-order valence-electron chi connectivity index (χ4n) is 5.08. The Labute approximate surface area is 227 Å². The summed E-state index contributed by atoms with van der Waals surface area (Å²) in [4.78, 5) is 17.4. The topological polar surface area (TPSA) is 117 Å². The zero-order valence-electron chi connectivity index (χ0n) is 22.4. The minimum Gasteiger partial charge on any atom is -0.507 e. The van der Waals surface area contributed by atoms with Crippen LogP contribution in [0.2, 0.25) is 5.02 Å². The van der Waals surface area contributed by atoms with Crippen molar-refractivity contribution in [1.82, 2.24) is 4.98 Å². The molecule has 2 heterocycles. The zero-order valence-corrected chi connectivity index (χ0v) is 24.0. The molecule has 10 heteroatoms. The van der Waals surface area contributed by atoms with Crippen molar-refractivity contribution in [1.29, 1.82) is 0 Å². The number of rotatable bonds is 5. The number of fused-ring (bicyclic) bond motifs is 3. The highest BCUT2D eigenvalue weighted by atomic mass is 35.5. The maximum Gasteiger partial charge on any atom is 0.337 e. The first-order valence-corrected chi connectivity index (χ1v) is 14.2. The lowest BCUT2D eigenvalue weighted by molar-refractivity contribution is -0.160. The van der Waals surface area contributed by atoms with Crippen LogP contribution in [0.4, 0.5) is 5.69 Å². The van der Waals surface area contributed by atoms with Crippen LogP contribution >= 0.6 is 11.6 Å². The average Bonchev–Trinajstić information content (AvgIpc) is 2.78. The third kappa shape index (κ3) is 4.98. The van der Waals surface area contributed by atoms with Gasteiger partial charge in [0.2, 0.25) is 10.0 Å². The molecule has 0 fully saturated rings. The molecule has 3 aromatic rings. The van der Waals surface area contributed by atoms with Crippen molar-refractivity contribution < 1.29 is 28.2 Å². The Bertz CT molecular complexity index is 1580. The van der Waals surface area contributed by atoms with Crippen LogP contribution in [0.5, 0.6) is 5.75 Å². The number of carboxylic acids is 1. The number of hydrogen-bond acceptors (Lipinski definition) is 6. The summed E-state index contributed by atoms with van der Waals surface area (Å²) in [5.41, 5.74) is 4.28. The van der Waals surface area contributed by atoms with E-state index in [9.17, 15) is 23.4 Å². The highest BCUT2D eigenvalue weighted by molar-refractivity contribution is 7.92. The Morgan fingerprint density at radius 3 is 2.34 bits per heavy atom. The fraction of sp³-hybridized carbons (Fsp3) is 0.357. The standard InChI is InChI=1S/C28H31ClN2O6S/c1-14-10-17-13-31(38(7,35)36)25-16(3)22(26(27(33)34)37-28(4,5)6)21(15(2)23(25)24(17)30-12-14)19-9-8-18(29)11-20(19)32/h8-12,26,32H,13H2,1-7H3,(H,33,34)/t26-/m0/s1. The van der Waals surface area contributed by atoms with E-state index in [1.807, 2.05) is 13.0 Å². The van der Waals surface area contributed by atoms with Gasteiger partial charge in [-0.1, -0.05) is 17.7 Å². The molecule has 2 N–H and O–H groups in total. The maximum absolute atomic E-state index is 13.1. The van der Waals surface area contributed by atoms with Crippen molar-refractivity contribution in [3.63, 3.8) is 0 Å². The first kappa shape index (κ1) is 27.9. The first-order chi connectivity index (χ1) is 17.5. The van der Waals surface area contributed by atoms with Gasteiger partial charge in [-0.15, -0.1) is 0 Å². The monoisotopic (exact) mass is 558 g/mol. The van der Waals surface area contributed by atoms with Gasteiger partial charge in [-0.2, -0.15) is 0 Å². The van der Waals surface area contributed by atoms with E-state index in [4.69, 9.17) is 16.3 Å². The molecule has 0 spiro atoms. The number of benzene rings is 2. The quantitative estimate of drug-likeness (QED) is 0.399.